The zero-order valence-corrected chi connectivity index (χ0v) is 19.8. The third kappa shape index (κ3) is 5.48. The normalized spacial score (nSPS) is 21.2. The van der Waals surface area contributed by atoms with Crippen molar-refractivity contribution in [3.8, 4) is 0 Å². The van der Waals surface area contributed by atoms with E-state index < -0.39 is 11.3 Å². The smallest absolute Gasteiger partial charge is 0.295 e. The molecule has 1 fully saturated rings. The predicted octanol–water partition coefficient (Wildman–Crippen LogP) is 4.58. The molecule has 2 N–H and O–H groups in total. The maximum Gasteiger partial charge on any atom is 0.295 e. The van der Waals surface area contributed by atoms with E-state index in [1.165, 1.54) is 20.0 Å². The Morgan fingerprint density at radius 2 is 2.00 bits per heavy atom. The molecule has 2 unspecified atom stereocenters. The van der Waals surface area contributed by atoms with Crippen molar-refractivity contribution in [2.45, 2.75) is 58.4 Å². The van der Waals surface area contributed by atoms with Crippen LogP contribution in [0.5, 0.6) is 0 Å². The number of hydrogen-bond donors (Lipinski definition) is 1. The Labute approximate surface area is 187 Å². The molecule has 1 saturated heterocycles. The average Bonchev–Trinajstić information content (AvgIpc) is 3.36. The highest BCUT2D eigenvalue weighted by atomic mass is 32.1. The van der Waals surface area contributed by atoms with E-state index in [1.807, 2.05) is 25.3 Å². The van der Waals surface area contributed by atoms with Gasteiger partial charge in [-0.3, -0.25) is 14.7 Å². The fraction of sp³-hybridized carbons (Fsp3) is 0.565. The molecule has 3 heterocycles. The molecule has 0 aromatic carbocycles. The van der Waals surface area contributed by atoms with Crippen molar-refractivity contribution in [3.63, 3.8) is 0 Å². The van der Waals surface area contributed by atoms with Crippen LogP contribution in [0.2, 0.25) is 0 Å². The van der Waals surface area contributed by atoms with E-state index in [-0.39, 0.29) is 17.1 Å². The minimum Gasteiger partial charge on any atom is -0.430 e. The average molecular weight is 454 g/mol. The number of aromatic nitrogens is 1. The predicted molar refractivity (Wildman–Crippen MR) is 120 cm³/mol. The van der Waals surface area contributed by atoms with Gasteiger partial charge in [-0.1, -0.05) is 6.07 Å². The van der Waals surface area contributed by atoms with Gasteiger partial charge in [-0.25, -0.2) is 0 Å². The summed E-state index contributed by atoms with van der Waals surface area (Å²) in [5.41, 5.74) is 5.27. The number of pyridine rings is 1. The van der Waals surface area contributed by atoms with E-state index in [9.17, 15) is 9.18 Å². The Bertz CT molecular complexity index is 855. The lowest BCUT2D eigenvalue weighted by Gasteiger charge is -2.42. The van der Waals surface area contributed by atoms with Gasteiger partial charge in [-0.05, 0) is 77.4 Å². The SMILES string of the molecule is CN.Cc1ccc(C(C)(C)N2CCC(CCc3ccc(F)s3)(C(C)(F)OC=O)C2)cn1. The topological polar surface area (TPSA) is 68.4 Å². The van der Waals surface area contributed by atoms with Crippen LogP contribution in [-0.2, 0) is 21.5 Å². The summed E-state index contributed by atoms with van der Waals surface area (Å²) in [5, 5.41) is -0.248. The first kappa shape index (κ1) is 25.4. The summed E-state index contributed by atoms with van der Waals surface area (Å²) < 4.78 is 33.9. The highest BCUT2D eigenvalue weighted by Crippen LogP contribution is 2.50. The van der Waals surface area contributed by atoms with Crippen molar-refractivity contribution in [1.29, 1.82) is 0 Å². The molecule has 172 valence electrons. The van der Waals surface area contributed by atoms with Gasteiger partial charge >= 0.3 is 0 Å². The number of thiophene rings is 1. The molecule has 2 atom stereocenters. The number of carbonyl (C=O) groups is 1. The maximum absolute atomic E-state index is 15.6. The molecule has 1 aliphatic heterocycles. The molecule has 5 nitrogen and oxygen atoms in total. The Hall–Kier alpha value is -1.90. The minimum atomic E-state index is -2.11. The maximum atomic E-state index is 15.6. The van der Waals surface area contributed by atoms with Crippen molar-refractivity contribution in [2.24, 2.45) is 11.1 Å². The van der Waals surface area contributed by atoms with Crippen LogP contribution < -0.4 is 5.73 Å². The van der Waals surface area contributed by atoms with Crippen LogP contribution in [0.4, 0.5) is 8.78 Å². The van der Waals surface area contributed by atoms with Crippen LogP contribution in [-0.4, -0.2) is 42.3 Å². The molecule has 0 radical (unpaired) electrons. The highest BCUT2D eigenvalue weighted by Gasteiger charge is 2.56. The largest absolute Gasteiger partial charge is 0.430 e. The molecule has 0 spiro atoms. The summed E-state index contributed by atoms with van der Waals surface area (Å²) in [6, 6.07) is 7.18. The van der Waals surface area contributed by atoms with Gasteiger partial charge in [-0.2, -0.15) is 8.78 Å². The lowest BCUT2D eigenvalue weighted by Crippen LogP contribution is -2.49. The van der Waals surface area contributed by atoms with Gasteiger partial charge in [0.15, 0.2) is 5.13 Å². The van der Waals surface area contributed by atoms with Crippen LogP contribution in [0.15, 0.2) is 30.5 Å². The van der Waals surface area contributed by atoms with Gasteiger partial charge in [-0.15, -0.1) is 11.3 Å². The summed E-state index contributed by atoms with van der Waals surface area (Å²) in [5.74, 6) is -2.11. The van der Waals surface area contributed by atoms with Crippen molar-refractivity contribution in [2.75, 3.05) is 20.1 Å². The molecular formula is C23H33F2N3O2S. The van der Waals surface area contributed by atoms with Crippen molar-refractivity contribution < 1.29 is 18.3 Å². The summed E-state index contributed by atoms with van der Waals surface area (Å²) in [4.78, 5) is 18.5. The van der Waals surface area contributed by atoms with Gasteiger partial charge in [0.2, 0.25) is 0 Å². The van der Waals surface area contributed by atoms with E-state index in [0.717, 1.165) is 27.5 Å². The highest BCUT2D eigenvalue weighted by molar-refractivity contribution is 7.10. The van der Waals surface area contributed by atoms with Crippen LogP contribution in [0, 0.1) is 17.5 Å². The second-order valence-corrected chi connectivity index (χ2v) is 9.65. The Morgan fingerprint density at radius 1 is 1.29 bits per heavy atom. The molecule has 0 amide bonds. The fourth-order valence-electron chi connectivity index (χ4n) is 4.22. The number of carbonyl (C=O) groups excluding carboxylic acids is 1. The molecule has 2 aromatic heterocycles. The second-order valence-electron chi connectivity index (χ2n) is 8.54. The van der Waals surface area contributed by atoms with Crippen LogP contribution in [0.1, 0.15) is 49.7 Å². The van der Waals surface area contributed by atoms with Crippen molar-refractivity contribution in [3.05, 3.63) is 51.7 Å². The Kier molecular flexibility index (Phi) is 8.30. The number of alkyl halides is 1. The van der Waals surface area contributed by atoms with E-state index in [1.54, 1.807) is 6.07 Å². The van der Waals surface area contributed by atoms with Gasteiger partial charge in [0.25, 0.3) is 12.3 Å². The first-order chi connectivity index (χ1) is 14.6. The number of hydrogen-bond acceptors (Lipinski definition) is 6. The Balaban J connectivity index is 0.00000166. The van der Waals surface area contributed by atoms with E-state index >= 15 is 4.39 Å². The summed E-state index contributed by atoms with van der Waals surface area (Å²) in [7, 11) is 1.50. The first-order valence-electron chi connectivity index (χ1n) is 10.4. The Morgan fingerprint density at radius 3 is 2.55 bits per heavy atom. The second kappa shape index (κ2) is 10.1. The molecular weight excluding hydrogens is 420 g/mol. The molecule has 31 heavy (non-hydrogen) atoms. The standard InChI is InChI=1S/C22H28F2N2O2S.CH5N/c1-16-5-6-17(13-25-16)20(2,3)26-12-11-22(14-26,21(4,24)28-15-27)10-9-18-7-8-19(23)29-18;1-2/h5-8,13,15H,9-12,14H2,1-4H3;2H2,1H3. The quantitative estimate of drug-likeness (QED) is 0.593. The molecule has 1 aliphatic rings. The number of nitrogens with two attached hydrogens (primary N) is 1. The molecule has 0 aliphatic carbocycles. The lowest BCUT2D eigenvalue weighted by atomic mass is 9.75. The number of halogens is 2. The van der Waals surface area contributed by atoms with Crippen molar-refractivity contribution in [1.82, 2.24) is 9.88 Å². The van der Waals surface area contributed by atoms with Gasteiger partial charge in [0.05, 0.1) is 5.41 Å². The number of aryl methyl sites for hydroxylation is 2. The summed E-state index contributed by atoms with van der Waals surface area (Å²) in [6.07, 6.45) is 3.41. The third-order valence-electron chi connectivity index (χ3n) is 6.46. The summed E-state index contributed by atoms with van der Waals surface area (Å²) in [6.45, 7) is 8.76. The lowest BCUT2D eigenvalue weighted by molar-refractivity contribution is -0.202. The van der Waals surface area contributed by atoms with Crippen molar-refractivity contribution >= 4 is 17.8 Å². The molecule has 2 aromatic rings. The van der Waals surface area contributed by atoms with Crippen LogP contribution >= 0.6 is 11.3 Å². The minimum absolute atomic E-state index is 0.185. The van der Waals surface area contributed by atoms with E-state index in [2.05, 4.69) is 29.5 Å². The summed E-state index contributed by atoms with van der Waals surface area (Å²) >= 11 is 1.08. The zero-order valence-electron chi connectivity index (χ0n) is 19.0. The molecule has 0 saturated carbocycles. The monoisotopic (exact) mass is 453 g/mol. The van der Waals surface area contributed by atoms with Crippen LogP contribution in [0.25, 0.3) is 0 Å². The van der Waals surface area contributed by atoms with Crippen LogP contribution in [0.3, 0.4) is 0 Å². The molecule has 0 bridgehead atoms. The third-order valence-corrected chi connectivity index (χ3v) is 7.39. The van der Waals surface area contributed by atoms with Gasteiger partial charge < -0.3 is 10.5 Å². The van der Waals surface area contributed by atoms with Gasteiger partial charge in [0.1, 0.15) is 0 Å². The number of rotatable bonds is 8. The number of likely N-dealkylation sites (tertiary alicyclic amines) is 1. The number of nitrogens with zero attached hydrogens (tertiary/aromatic N) is 2. The zero-order chi connectivity index (χ0) is 23.3. The van der Waals surface area contributed by atoms with E-state index in [0.29, 0.717) is 32.4 Å². The molecule has 3 rings (SSSR count). The van der Waals surface area contributed by atoms with Gasteiger partial charge in [0, 0.05) is 35.8 Å². The first-order valence-corrected chi connectivity index (χ1v) is 11.2. The van der Waals surface area contributed by atoms with E-state index in [4.69, 9.17) is 4.74 Å². The fourth-order valence-corrected chi connectivity index (χ4v) is 4.94. The number of ether oxygens (including phenoxy) is 1. The molecule has 8 heteroatoms.